The van der Waals surface area contributed by atoms with Gasteiger partial charge in [-0.2, -0.15) is 0 Å². The molecule has 0 amide bonds. The predicted molar refractivity (Wildman–Crippen MR) is 74.7 cm³/mol. The highest BCUT2D eigenvalue weighted by Crippen LogP contribution is 2.35. The molecule has 1 aromatic carbocycles. The third-order valence-electron chi connectivity index (χ3n) is 3.05. The molecular formula is C13H20ClNS. The first-order chi connectivity index (χ1) is 7.18. The summed E-state index contributed by atoms with van der Waals surface area (Å²) >= 11 is 2.01. The lowest BCUT2D eigenvalue weighted by molar-refractivity contribution is 0.315. The van der Waals surface area contributed by atoms with Crippen LogP contribution in [0.15, 0.2) is 35.2 Å². The average molecular weight is 258 g/mol. The molecule has 1 aliphatic heterocycles. The number of benzene rings is 1. The summed E-state index contributed by atoms with van der Waals surface area (Å²) in [5, 5.41) is 4.30. The van der Waals surface area contributed by atoms with Gasteiger partial charge in [-0.15, -0.1) is 24.2 Å². The van der Waals surface area contributed by atoms with E-state index in [1.54, 1.807) is 0 Å². The molecule has 0 bridgehead atoms. The Morgan fingerprint density at radius 1 is 1.25 bits per heavy atom. The molecule has 0 radical (unpaired) electrons. The molecule has 1 N–H and O–H groups in total. The van der Waals surface area contributed by atoms with Crippen LogP contribution in [0.2, 0.25) is 0 Å². The van der Waals surface area contributed by atoms with Gasteiger partial charge >= 0.3 is 0 Å². The van der Waals surface area contributed by atoms with Crippen LogP contribution in [0.5, 0.6) is 0 Å². The zero-order valence-corrected chi connectivity index (χ0v) is 11.5. The van der Waals surface area contributed by atoms with Gasteiger partial charge in [0.05, 0.1) is 0 Å². The van der Waals surface area contributed by atoms with Crippen molar-refractivity contribution in [1.29, 1.82) is 0 Å². The molecule has 1 heterocycles. The maximum atomic E-state index is 3.61. The van der Waals surface area contributed by atoms with Crippen molar-refractivity contribution in [2.45, 2.75) is 42.4 Å². The number of hydrogen-bond acceptors (Lipinski definition) is 2. The van der Waals surface area contributed by atoms with Crippen molar-refractivity contribution >= 4 is 24.2 Å². The monoisotopic (exact) mass is 257 g/mol. The molecular weight excluding hydrogens is 238 g/mol. The SMILES string of the molecule is CC1(C)NCCCC1Sc1ccccc1.Cl. The van der Waals surface area contributed by atoms with Crippen molar-refractivity contribution in [2.24, 2.45) is 0 Å². The molecule has 16 heavy (non-hydrogen) atoms. The highest BCUT2D eigenvalue weighted by atomic mass is 35.5. The normalized spacial score (nSPS) is 23.5. The number of piperidine rings is 1. The van der Waals surface area contributed by atoms with Crippen LogP contribution in [0.4, 0.5) is 0 Å². The van der Waals surface area contributed by atoms with Crippen LogP contribution in [0, 0.1) is 0 Å². The highest BCUT2D eigenvalue weighted by molar-refractivity contribution is 8.00. The molecule has 0 aromatic heterocycles. The molecule has 90 valence electrons. The topological polar surface area (TPSA) is 12.0 Å². The van der Waals surface area contributed by atoms with Crippen LogP contribution >= 0.6 is 24.2 Å². The fraction of sp³-hybridized carbons (Fsp3) is 0.538. The molecule has 3 heteroatoms. The first-order valence-corrected chi connectivity index (χ1v) is 6.53. The molecule has 1 saturated heterocycles. The molecule has 1 aromatic rings. The Labute approximate surface area is 109 Å². The first-order valence-electron chi connectivity index (χ1n) is 5.65. The summed E-state index contributed by atoms with van der Waals surface area (Å²) in [7, 11) is 0. The van der Waals surface area contributed by atoms with E-state index < -0.39 is 0 Å². The summed E-state index contributed by atoms with van der Waals surface area (Å²) < 4.78 is 0. The van der Waals surface area contributed by atoms with Crippen molar-refractivity contribution in [2.75, 3.05) is 6.54 Å². The minimum absolute atomic E-state index is 0. The van der Waals surface area contributed by atoms with Gasteiger partial charge in [-0.3, -0.25) is 0 Å². The minimum Gasteiger partial charge on any atom is -0.311 e. The number of thioether (sulfide) groups is 1. The Morgan fingerprint density at radius 2 is 1.94 bits per heavy atom. The number of hydrogen-bond donors (Lipinski definition) is 1. The van der Waals surface area contributed by atoms with Crippen LogP contribution in [-0.2, 0) is 0 Å². The predicted octanol–water partition coefficient (Wildman–Crippen LogP) is 3.73. The number of nitrogens with one attached hydrogen (secondary N) is 1. The van der Waals surface area contributed by atoms with Crippen LogP contribution in [0.3, 0.4) is 0 Å². The molecule has 2 rings (SSSR count). The molecule has 0 aliphatic carbocycles. The van der Waals surface area contributed by atoms with Gasteiger partial charge in [-0.1, -0.05) is 18.2 Å². The van der Waals surface area contributed by atoms with Gasteiger partial charge in [0.2, 0.25) is 0 Å². The third-order valence-corrected chi connectivity index (χ3v) is 4.70. The molecule has 1 aliphatic rings. The van der Waals surface area contributed by atoms with E-state index in [4.69, 9.17) is 0 Å². The van der Waals surface area contributed by atoms with Gasteiger partial charge in [-0.05, 0) is 45.4 Å². The minimum atomic E-state index is 0. The molecule has 1 nitrogen and oxygen atoms in total. The van der Waals surface area contributed by atoms with E-state index in [1.807, 2.05) is 11.8 Å². The summed E-state index contributed by atoms with van der Waals surface area (Å²) in [6.07, 6.45) is 2.62. The van der Waals surface area contributed by atoms with Crippen LogP contribution in [0.25, 0.3) is 0 Å². The van der Waals surface area contributed by atoms with E-state index in [2.05, 4.69) is 49.5 Å². The Hall–Kier alpha value is -0.180. The van der Waals surface area contributed by atoms with Gasteiger partial charge in [0.25, 0.3) is 0 Å². The maximum absolute atomic E-state index is 3.61. The van der Waals surface area contributed by atoms with Crippen LogP contribution < -0.4 is 5.32 Å². The molecule has 1 unspecified atom stereocenters. The van der Waals surface area contributed by atoms with E-state index >= 15 is 0 Å². The van der Waals surface area contributed by atoms with Crippen molar-refractivity contribution in [3.8, 4) is 0 Å². The van der Waals surface area contributed by atoms with Gasteiger partial charge in [0.1, 0.15) is 0 Å². The zero-order chi connectivity index (χ0) is 10.7. The smallest absolute Gasteiger partial charge is 0.0272 e. The Morgan fingerprint density at radius 3 is 2.56 bits per heavy atom. The summed E-state index contributed by atoms with van der Waals surface area (Å²) in [4.78, 5) is 1.39. The van der Waals surface area contributed by atoms with E-state index in [-0.39, 0.29) is 17.9 Å². The maximum Gasteiger partial charge on any atom is 0.0272 e. The van der Waals surface area contributed by atoms with Crippen molar-refractivity contribution in [3.63, 3.8) is 0 Å². The number of halogens is 1. The van der Waals surface area contributed by atoms with E-state index in [9.17, 15) is 0 Å². The van der Waals surface area contributed by atoms with Gasteiger partial charge in [-0.25, -0.2) is 0 Å². The average Bonchev–Trinajstić information content (AvgIpc) is 2.23. The molecule has 0 spiro atoms. The van der Waals surface area contributed by atoms with E-state index in [0.717, 1.165) is 0 Å². The highest BCUT2D eigenvalue weighted by Gasteiger charge is 2.32. The summed E-state index contributed by atoms with van der Waals surface area (Å²) in [5.74, 6) is 0. The standard InChI is InChI=1S/C13H19NS.ClH/c1-13(2)12(9-6-10-14-13)15-11-7-4-3-5-8-11;/h3-5,7-8,12,14H,6,9-10H2,1-2H3;1H. The van der Waals surface area contributed by atoms with E-state index in [0.29, 0.717) is 5.25 Å². The van der Waals surface area contributed by atoms with Crippen molar-refractivity contribution in [1.82, 2.24) is 5.32 Å². The van der Waals surface area contributed by atoms with E-state index in [1.165, 1.54) is 24.3 Å². The summed E-state index contributed by atoms with van der Waals surface area (Å²) in [6.45, 7) is 5.79. The number of rotatable bonds is 2. The fourth-order valence-electron chi connectivity index (χ4n) is 2.04. The Balaban J connectivity index is 0.00000128. The van der Waals surface area contributed by atoms with Gasteiger partial charge in [0, 0.05) is 15.7 Å². The summed E-state index contributed by atoms with van der Waals surface area (Å²) in [5.41, 5.74) is 0.263. The molecule has 1 atom stereocenters. The summed E-state index contributed by atoms with van der Waals surface area (Å²) in [6, 6.07) is 10.7. The molecule has 1 fully saturated rings. The van der Waals surface area contributed by atoms with Crippen molar-refractivity contribution < 1.29 is 0 Å². The quantitative estimate of drug-likeness (QED) is 0.867. The largest absolute Gasteiger partial charge is 0.311 e. The second kappa shape index (κ2) is 5.95. The lowest BCUT2D eigenvalue weighted by Crippen LogP contribution is -2.51. The first kappa shape index (κ1) is 13.9. The van der Waals surface area contributed by atoms with Crippen LogP contribution in [-0.4, -0.2) is 17.3 Å². The third kappa shape index (κ3) is 3.41. The second-order valence-electron chi connectivity index (χ2n) is 4.71. The fourth-order valence-corrected chi connectivity index (χ4v) is 3.35. The Bertz CT molecular complexity index is 313. The van der Waals surface area contributed by atoms with Gasteiger partial charge in [0.15, 0.2) is 0 Å². The van der Waals surface area contributed by atoms with Crippen molar-refractivity contribution in [3.05, 3.63) is 30.3 Å². The van der Waals surface area contributed by atoms with Gasteiger partial charge < -0.3 is 5.32 Å². The van der Waals surface area contributed by atoms with Crippen LogP contribution in [0.1, 0.15) is 26.7 Å². The zero-order valence-electron chi connectivity index (χ0n) is 9.90. The second-order valence-corrected chi connectivity index (χ2v) is 5.99. The Kier molecular flexibility index (Phi) is 5.16. The molecule has 0 saturated carbocycles. The lowest BCUT2D eigenvalue weighted by atomic mass is 9.93. The lowest BCUT2D eigenvalue weighted by Gasteiger charge is -2.39.